The van der Waals surface area contributed by atoms with Crippen molar-refractivity contribution in [3.63, 3.8) is 0 Å². The SMILES string of the molecule is CCc1ccc(OC[C@H](O)C[NH+]2CCN(c3ccc(OC)cc3)CC2)cc1. The number of hydrogen-bond donors (Lipinski definition) is 2. The first kappa shape index (κ1) is 19.5. The molecule has 1 saturated heterocycles. The topological polar surface area (TPSA) is 46.4 Å². The molecule has 3 rings (SSSR count). The van der Waals surface area contributed by atoms with Gasteiger partial charge in [0.2, 0.25) is 0 Å². The fourth-order valence-electron chi connectivity index (χ4n) is 3.48. The zero-order valence-corrected chi connectivity index (χ0v) is 16.4. The summed E-state index contributed by atoms with van der Waals surface area (Å²) in [6, 6.07) is 16.3. The largest absolute Gasteiger partial charge is 0.497 e. The lowest BCUT2D eigenvalue weighted by atomic mass is 10.2. The minimum absolute atomic E-state index is 0.344. The number of quaternary nitrogens is 1. The van der Waals surface area contributed by atoms with Gasteiger partial charge < -0.3 is 24.4 Å². The molecule has 0 aliphatic carbocycles. The van der Waals surface area contributed by atoms with Crippen LogP contribution in [0.3, 0.4) is 0 Å². The van der Waals surface area contributed by atoms with Crippen LogP contribution in [0.5, 0.6) is 11.5 Å². The normalized spacial score (nSPS) is 16.2. The molecule has 27 heavy (non-hydrogen) atoms. The van der Waals surface area contributed by atoms with Crippen LogP contribution < -0.4 is 19.3 Å². The maximum Gasteiger partial charge on any atom is 0.137 e. The third-order valence-corrected chi connectivity index (χ3v) is 5.21. The second-order valence-electron chi connectivity index (χ2n) is 7.10. The van der Waals surface area contributed by atoms with Crippen molar-refractivity contribution in [2.24, 2.45) is 0 Å². The Balaban J connectivity index is 1.40. The highest BCUT2D eigenvalue weighted by Gasteiger charge is 2.22. The van der Waals surface area contributed by atoms with Crippen molar-refractivity contribution in [3.8, 4) is 11.5 Å². The molecule has 0 bridgehead atoms. The van der Waals surface area contributed by atoms with Crippen LogP contribution >= 0.6 is 0 Å². The predicted octanol–water partition coefficient (Wildman–Crippen LogP) is 1.40. The molecule has 0 aromatic heterocycles. The van der Waals surface area contributed by atoms with Crippen molar-refractivity contribution in [1.82, 2.24) is 0 Å². The summed E-state index contributed by atoms with van der Waals surface area (Å²) in [7, 11) is 1.69. The predicted molar refractivity (Wildman–Crippen MR) is 108 cm³/mol. The van der Waals surface area contributed by atoms with Gasteiger partial charge >= 0.3 is 0 Å². The van der Waals surface area contributed by atoms with E-state index in [0.717, 1.165) is 50.6 Å². The summed E-state index contributed by atoms with van der Waals surface area (Å²) in [4.78, 5) is 3.82. The number of benzene rings is 2. The third-order valence-electron chi connectivity index (χ3n) is 5.21. The van der Waals surface area contributed by atoms with Crippen LogP contribution in [-0.2, 0) is 6.42 Å². The fourth-order valence-corrected chi connectivity index (χ4v) is 3.48. The smallest absolute Gasteiger partial charge is 0.137 e. The standard InChI is InChI=1S/C22H30N2O3/c1-3-18-4-8-22(9-5-18)27-17-20(25)16-23-12-14-24(15-13-23)19-6-10-21(26-2)11-7-19/h4-11,20,25H,3,12-17H2,1-2H3/p+1/t20-/m1/s1. The van der Waals surface area contributed by atoms with Crippen molar-refractivity contribution in [2.45, 2.75) is 19.4 Å². The lowest BCUT2D eigenvalue weighted by Crippen LogP contribution is -3.16. The zero-order chi connectivity index (χ0) is 19.1. The first-order chi connectivity index (χ1) is 13.2. The molecule has 2 aromatic carbocycles. The molecule has 0 amide bonds. The van der Waals surface area contributed by atoms with Crippen molar-refractivity contribution < 1.29 is 19.5 Å². The van der Waals surface area contributed by atoms with E-state index in [1.807, 2.05) is 24.3 Å². The van der Waals surface area contributed by atoms with E-state index in [1.165, 1.54) is 16.2 Å². The number of aryl methyl sites for hydroxylation is 1. The highest BCUT2D eigenvalue weighted by atomic mass is 16.5. The molecule has 0 unspecified atom stereocenters. The van der Waals surface area contributed by atoms with Crippen LogP contribution in [0.4, 0.5) is 5.69 Å². The Morgan fingerprint density at radius 1 is 1.00 bits per heavy atom. The molecular formula is C22H31N2O3+. The number of anilines is 1. The van der Waals surface area contributed by atoms with Crippen molar-refractivity contribution >= 4 is 5.69 Å². The first-order valence-corrected chi connectivity index (χ1v) is 9.80. The lowest BCUT2D eigenvalue weighted by molar-refractivity contribution is -0.903. The van der Waals surface area contributed by atoms with E-state index in [0.29, 0.717) is 6.61 Å². The van der Waals surface area contributed by atoms with E-state index in [4.69, 9.17) is 9.47 Å². The van der Waals surface area contributed by atoms with Gasteiger partial charge in [-0.15, -0.1) is 0 Å². The molecule has 1 aliphatic heterocycles. The van der Waals surface area contributed by atoms with Crippen LogP contribution in [0, 0.1) is 0 Å². The molecule has 1 heterocycles. The van der Waals surface area contributed by atoms with Gasteiger partial charge in [-0.25, -0.2) is 0 Å². The summed E-state index contributed by atoms with van der Waals surface area (Å²) in [5.41, 5.74) is 2.52. The minimum Gasteiger partial charge on any atom is -0.497 e. The number of hydrogen-bond acceptors (Lipinski definition) is 4. The summed E-state index contributed by atoms with van der Waals surface area (Å²) in [6.45, 7) is 7.24. The summed E-state index contributed by atoms with van der Waals surface area (Å²) in [6.07, 6.45) is 0.577. The van der Waals surface area contributed by atoms with Crippen molar-refractivity contribution in [3.05, 3.63) is 54.1 Å². The molecular weight excluding hydrogens is 340 g/mol. The fraction of sp³-hybridized carbons (Fsp3) is 0.455. The van der Waals surface area contributed by atoms with Gasteiger partial charge in [0.15, 0.2) is 0 Å². The molecule has 5 nitrogen and oxygen atoms in total. The number of aliphatic hydroxyl groups is 1. The van der Waals surface area contributed by atoms with Gasteiger partial charge in [0, 0.05) is 5.69 Å². The molecule has 2 N–H and O–H groups in total. The minimum atomic E-state index is -0.446. The maximum absolute atomic E-state index is 10.3. The summed E-state index contributed by atoms with van der Waals surface area (Å²) in [5.74, 6) is 1.71. The summed E-state index contributed by atoms with van der Waals surface area (Å²) >= 11 is 0. The number of nitrogens with zero attached hydrogens (tertiary/aromatic N) is 1. The second kappa shape index (κ2) is 9.62. The molecule has 1 fully saturated rings. The van der Waals surface area contributed by atoms with E-state index in [9.17, 15) is 5.11 Å². The van der Waals surface area contributed by atoms with Gasteiger partial charge in [-0.1, -0.05) is 19.1 Å². The number of methoxy groups -OCH3 is 1. The number of ether oxygens (including phenoxy) is 2. The van der Waals surface area contributed by atoms with Gasteiger partial charge in [-0.2, -0.15) is 0 Å². The van der Waals surface area contributed by atoms with Crippen LogP contribution in [0.1, 0.15) is 12.5 Å². The molecule has 1 aliphatic rings. The van der Waals surface area contributed by atoms with Crippen molar-refractivity contribution in [1.29, 1.82) is 0 Å². The Hall–Kier alpha value is -2.24. The molecule has 0 spiro atoms. The van der Waals surface area contributed by atoms with E-state index < -0.39 is 6.10 Å². The molecule has 5 heteroatoms. The quantitative estimate of drug-likeness (QED) is 0.737. The highest BCUT2D eigenvalue weighted by Crippen LogP contribution is 2.19. The number of piperazine rings is 1. The number of nitrogens with one attached hydrogen (secondary N) is 1. The van der Waals surface area contributed by atoms with Gasteiger partial charge in [0.05, 0.1) is 33.3 Å². The first-order valence-electron chi connectivity index (χ1n) is 9.80. The molecule has 0 radical (unpaired) electrons. The van der Waals surface area contributed by atoms with Gasteiger partial charge in [0.25, 0.3) is 0 Å². The van der Waals surface area contributed by atoms with Crippen molar-refractivity contribution in [2.75, 3.05) is 51.3 Å². The summed E-state index contributed by atoms with van der Waals surface area (Å²) in [5, 5.41) is 10.3. The van der Waals surface area contributed by atoms with Gasteiger partial charge in [-0.05, 0) is 48.4 Å². The molecule has 2 aromatic rings. The van der Waals surface area contributed by atoms with E-state index in [-0.39, 0.29) is 0 Å². The third kappa shape index (κ3) is 5.62. The Labute approximate surface area is 162 Å². The zero-order valence-electron chi connectivity index (χ0n) is 16.4. The second-order valence-corrected chi connectivity index (χ2v) is 7.10. The van der Waals surface area contributed by atoms with Crippen LogP contribution in [0.25, 0.3) is 0 Å². The van der Waals surface area contributed by atoms with Crippen LogP contribution in [0.15, 0.2) is 48.5 Å². The average Bonchev–Trinajstić information content (AvgIpc) is 2.73. The van der Waals surface area contributed by atoms with E-state index in [2.05, 4.69) is 36.1 Å². The van der Waals surface area contributed by atoms with Gasteiger partial charge in [-0.3, -0.25) is 0 Å². The van der Waals surface area contributed by atoms with Crippen LogP contribution in [-0.4, -0.2) is 57.7 Å². The number of aliphatic hydroxyl groups excluding tert-OH is 1. The Bertz CT molecular complexity index is 680. The summed E-state index contributed by atoms with van der Waals surface area (Å²) < 4.78 is 11.0. The Morgan fingerprint density at radius 2 is 1.63 bits per heavy atom. The lowest BCUT2D eigenvalue weighted by Gasteiger charge is -2.34. The molecule has 1 atom stereocenters. The maximum atomic E-state index is 10.3. The average molecular weight is 372 g/mol. The van der Waals surface area contributed by atoms with Gasteiger partial charge in [0.1, 0.15) is 30.8 Å². The Morgan fingerprint density at radius 3 is 2.22 bits per heavy atom. The molecule has 0 saturated carbocycles. The highest BCUT2D eigenvalue weighted by molar-refractivity contribution is 5.49. The Kier molecular flexibility index (Phi) is 6.96. The molecule has 146 valence electrons. The van der Waals surface area contributed by atoms with E-state index in [1.54, 1.807) is 7.11 Å². The van der Waals surface area contributed by atoms with Crippen LogP contribution in [0.2, 0.25) is 0 Å². The monoisotopic (exact) mass is 371 g/mol. The number of rotatable bonds is 8. The van der Waals surface area contributed by atoms with E-state index >= 15 is 0 Å².